The number of morpholine rings is 1. The van der Waals surface area contributed by atoms with Crippen molar-refractivity contribution in [2.45, 2.75) is 31.2 Å². The van der Waals surface area contributed by atoms with Crippen molar-refractivity contribution < 1.29 is 4.74 Å². The van der Waals surface area contributed by atoms with Crippen molar-refractivity contribution in [3.05, 3.63) is 28.8 Å². The smallest absolute Gasteiger partial charge is 0.0642 e. The van der Waals surface area contributed by atoms with Gasteiger partial charge < -0.3 is 15.4 Å². The number of nitrogens with two attached hydrogens (primary N) is 1. The second-order valence-electron chi connectivity index (χ2n) is 5.71. The third-order valence-electron chi connectivity index (χ3n) is 4.53. The van der Waals surface area contributed by atoms with Gasteiger partial charge in [-0.05, 0) is 37.5 Å². The van der Waals surface area contributed by atoms with E-state index in [1.54, 1.807) is 0 Å². The largest absolute Gasteiger partial charge is 0.378 e. The van der Waals surface area contributed by atoms with Crippen molar-refractivity contribution >= 4 is 17.3 Å². The zero-order valence-corrected chi connectivity index (χ0v) is 12.1. The van der Waals surface area contributed by atoms with Crippen molar-refractivity contribution in [1.82, 2.24) is 0 Å². The molecular formula is C15H21ClN2O. The number of hydrogen-bond donors (Lipinski definition) is 1. The van der Waals surface area contributed by atoms with Crippen molar-refractivity contribution in [3.8, 4) is 0 Å². The highest BCUT2D eigenvalue weighted by atomic mass is 35.5. The molecule has 0 radical (unpaired) electrons. The van der Waals surface area contributed by atoms with Gasteiger partial charge in [0.25, 0.3) is 0 Å². The number of rotatable bonds is 3. The summed E-state index contributed by atoms with van der Waals surface area (Å²) in [4.78, 5) is 2.29. The number of halogens is 1. The maximum absolute atomic E-state index is 6.48. The number of anilines is 1. The summed E-state index contributed by atoms with van der Waals surface area (Å²) in [6, 6.07) is 6.65. The van der Waals surface area contributed by atoms with Crippen molar-refractivity contribution in [2.24, 2.45) is 5.73 Å². The average Bonchev–Trinajstić information content (AvgIpc) is 3.21. The molecule has 2 fully saturated rings. The van der Waals surface area contributed by atoms with Gasteiger partial charge in [-0.1, -0.05) is 17.7 Å². The van der Waals surface area contributed by atoms with Crippen LogP contribution in [0.4, 0.5) is 5.69 Å². The molecule has 1 aliphatic heterocycles. The lowest BCUT2D eigenvalue weighted by atomic mass is 9.89. The predicted molar refractivity (Wildman–Crippen MR) is 79.0 cm³/mol. The highest BCUT2D eigenvalue weighted by molar-refractivity contribution is 6.33. The molecule has 3 nitrogen and oxygen atoms in total. The number of benzene rings is 1. The monoisotopic (exact) mass is 280 g/mol. The quantitative estimate of drug-likeness (QED) is 0.925. The van der Waals surface area contributed by atoms with E-state index < -0.39 is 0 Å². The molecule has 1 saturated heterocycles. The van der Waals surface area contributed by atoms with Crippen LogP contribution in [0.2, 0.25) is 5.02 Å². The summed E-state index contributed by atoms with van der Waals surface area (Å²) in [5.74, 6) is 0. The van der Waals surface area contributed by atoms with Crippen LogP contribution < -0.4 is 10.6 Å². The minimum Gasteiger partial charge on any atom is -0.378 e. The molecule has 1 saturated carbocycles. The van der Waals surface area contributed by atoms with Crippen LogP contribution in [0.3, 0.4) is 0 Å². The van der Waals surface area contributed by atoms with Crippen molar-refractivity contribution in [1.29, 1.82) is 0 Å². The molecule has 0 spiro atoms. The van der Waals surface area contributed by atoms with Gasteiger partial charge in [0, 0.05) is 24.5 Å². The van der Waals surface area contributed by atoms with Gasteiger partial charge in [-0.3, -0.25) is 0 Å². The lowest BCUT2D eigenvalue weighted by molar-refractivity contribution is 0.122. The molecule has 1 aliphatic carbocycles. The number of nitrogens with zero attached hydrogens (tertiary/aromatic N) is 1. The van der Waals surface area contributed by atoms with Gasteiger partial charge >= 0.3 is 0 Å². The fraction of sp³-hybridized carbons (Fsp3) is 0.600. The SMILES string of the molecule is CC(N)C1(c2ccc(N3CCOCC3)c(Cl)c2)CC1. The average molecular weight is 281 g/mol. The van der Waals surface area contributed by atoms with E-state index in [1.807, 2.05) is 0 Å². The zero-order valence-electron chi connectivity index (χ0n) is 11.4. The second kappa shape index (κ2) is 4.97. The Labute approximate surface area is 119 Å². The lowest BCUT2D eigenvalue weighted by Gasteiger charge is -2.30. The molecule has 19 heavy (non-hydrogen) atoms. The predicted octanol–water partition coefficient (Wildman–Crippen LogP) is 2.56. The standard InChI is InChI=1S/C15H21ClN2O/c1-11(17)15(4-5-15)12-2-3-14(13(16)10-12)18-6-8-19-9-7-18/h2-3,10-11H,4-9,17H2,1H3. The van der Waals surface area contributed by atoms with E-state index in [1.165, 1.54) is 18.4 Å². The van der Waals surface area contributed by atoms with E-state index in [2.05, 4.69) is 30.0 Å². The van der Waals surface area contributed by atoms with Gasteiger partial charge in [-0.15, -0.1) is 0 Å². The van der Waals surface area contributed by atoms with Crippen LogP contribution in [0, 0.1) is 0 Å². The van der Waals surface area contributed by atoms with Crippen LogP contribution in [0.25, 0.3) is 0 Å². The fourth-order valence-electron chi connectivity index (χ4n) is 3.02. The molecule has 1 heterocycles. The Morgan fingerprint density at radius 2 is 2.00 bits per heavy atom. The van der Waals surface area contributed by atoms with Gasteiger partial charge in [0.05, 0.1) is 23.9 Å². The van der Waals surface area contributed by atoms with Crippen LogP contribution in [0.5, 0.6) is 0 Å². The molecular weight excluding hydrogens is 260 g/mol. The molecule has 1 atom stereocenters. The third-order valence-corrected chi connectivity index (χ3v) is 4.84. The molecule has 2 N–H and O–H groups in total. The molecule has 0 bridgehead atoms. The van der Waals surface area contributed by atoms with E-state index in [0.717, 1.165) is 37.0 Å². The van der Waals surface area contributed by atoms with Crippen LogP contribution in [0.1, 0.15) is 25.3 Å². The van der Waals surface area contributed by atoms with Gasteiger partial charge in [0.1, 0.15) is 0 Å². The van der Waals surface area contributed by atoms with Crippen molar-refractivity contribution in [2.75, 3.05) is 31.2 Å². The zero-order chi connectivity index (χ0) is 13.5. The summed E-state index contributed by atoms with van der Waals surface area (Å²) < 4.78 is 5.38. The second-order valence-corrected chi connectivity index (χ2v) is 6.12. The van der Waals surface area contributed by atoms with E-state index in [-0.39, 0.29) is 11.5 Å². The maximum Gasteiger partial charge on any atom is 0.0642 e. The topological polar surface area (TPSA) is 38.5 Å². The Hall–Kier alpha value is -0.770. The van der Waals surface area contributed by atoms with Crippen LogP contribution >= 0.6 is 11.6 Å². The fourth-order valence-corrected chi connectivity index (χ4v) is 3.32. The highest BCUT2D eigenvalue weighted by Crippen LogP contribution is 2.51. The van der Waals surface area contributed by atoms with Crippen LogP contribution in [-0.4, -0.2) is 32.3 Å². The molecule has 0 aromatic heterocycles. The molecule has 1 aromatic carbocycles. The molecule has 1 unspecified atom stereocenters. The molecule has 1 aromatic rings. The van der Waals surface area contributed by atoms with E-state index >= 15 is 0 Å². The summed E-state index contributed by atoms with van der Waals surface area (Å²) in [5, 5.41) is 0.839. The Morgan fingerprint density at radius 3 is 2.53 bits per heavy atom. The first-order chi connectivity index (χ1) is 9.13. The first-order valence-electron chi connectivity index (χ1n) is 7.02. The summed E-state index contributed by atoms with van der Waals surface area (Å²) in [7, 11) is 0. The van der Waals surface area contributed by atoms with E-state index in [0.29, 0.717) is 0 Å². The third kappa shape index (κ3) is 2.35. The first-order valence-corrected chi connectivity index (χ1v) is 7.39. The van der Waals surface area contributed by atoms with Gasteiger partial charge in [-0.2, -0.15) is 0 Å². The summed E-state index contributed by atoms with van der Waals surface area (Å²) in [6.45, 7) is 5.48. The minimum atomic E-state index is 0.174. The van der Waals surface area contributed by atoms with Gasteiger partial charge in [0.15, 0.2) is 0 Å². The molecule has 0 amide bonds. The number of hydrogen-bond acceptors (Lipinski definition) is 3. The molecule has 104 valence electrons. The normalized spacial score (nSPS) is 23.2. The van der Waals surface area contributed by atoms with Crippen LogP contribution in [-0.2, 0) is 10.2 Å². The van der Waals surface area contributed by atoms with Gasteiger partial charge in [0.2, 0.25) is 0 Å². The Balaban J connectivity index is 1.86. The Kier molecular flexibility index (Phi) is 3.46. The number of ether oxygens (including phenoxy) is 1. The highest BCUT2D eigenvalue weighted by Gasteiger charge is 2.47. The minimum absolute atomic E-state index is 0.174. The van der Waals surface area contributed by atoms with E-state index in [9.17, 15) is 0 Å². The Bertz CT molecular complexity index is 465. The van der Waals surface area contributed by atoms with Crippen molar-refractivity contribution in [3.63, 3.8) is 0 Å². The molecule has 3 rings (SSSR count). The molecule has 4 heteroatoms. The van der Waals surface area contributed by atoms with E-state index in [4.69, 9.17) is 22.1 Å². The lowest BCUT2D eigenvalue weighted by Crippen LogP contribution is -2.36. The maximum atomic E-state index is 6.48. The van der Waals surface area contributed by atoms with Crippen LogP contribution in [0.15, 0.2) is 18.2 Å². The summed E-state index contributed by atoms with van der Waals surface area (Å²) >= 11 is 6.48. The summed E-state index contributed by atoms with van der Waals surface area (Å²) in [6.07, 6.45) is 2.36. The first kappa shape index (κ1) is 13.2. The summed E-state index contributed by atoms with van der Waals surface area (Å²) in [5.41, 5.74) is 8.71. The molecule has 2 aliphatic rings. The Morgan fingerprint density at radius 1 is 1.32 bits per heavy atom. The van der Waals surface area contributed by atoms with Gasteiger partial charge in [-0.25, -0.2) is 0 Å².